The number of hydrogen-bond donors (Lipinski definition) is 2. The number of fused-ring (bicyclic) bond motifs is 1. The zero-order chi connectivity index (χ0) is 18.0. The Balaban J connectivity index is 1.63. The second-order valence-electron chi connectivity index (χ2n) is 6.08. The lowest BCUT2D eigenvalue weighted by atomic mass is 10.1. The lowest BCUT2D eigenvalue weighted by Gasteiger charge is -2.13. The molecule has 2 N–H and O–H groups in total. The molecule has 1 aliphatic heterocycles. The lowest BCUT2D eigenvalue weighted by molar-refractivity contribution is 0.166. The molecule has 0 saturated carbocycles. The summed E-state index contributed by atoms with van der Waals surface area (Å²) in [4.78, 5) is 0.269. The molecule has 6 nitrogen and oxygen atoms in total. The highest BCUT2D eigenvalue weighted by Gasteiger charge is 2.19. The molecule has 2 aromatic carbocycles. The van der Waals surface area contributed by atoms with Crippen molar-refractivity contribution in [2.24, 2.45) is 0 Å². The van der Waals surface area contributed by atoms with Crippen LogP contribution in [0.25, 0.3) is 0 Å². The molecule has 0 saturated heterocycles. The Hall–Kier alpha value is -2.09. The standard InChI is InChI=1S/C18H21NO5S/c1-12-3-4-13(2)18(9-12)25(21,22)19-8-7-15(20)14-5-6-16-17(10-14)24-11-23-16/h3-6,9-10,15,19-20H,7-8,11H2,1-2H3. The minimum absolute atomic E-state index is 0.130. The van der Waals surface area contributed by atoms with Gasteiger partial charge in [-0.05, 0) is 55.2 Å². The van der Waals surface area contributed by atoms with Crippen molar-refractivity contribution in [3.05, 3.63) is 53.1 Å². The molecule has 134 valence electrons. The van der Waals surface area contributed by atoms with Crippen LogP contribution in [0.4, 0.5) is 0 Å². The molecule has 1 aliphatic rings. The monoisotopic (exact) mass is 363 g/mol. The van der Waals surface area contributed by atoms with E-state index in [9.17, 15) is 13.5 Å². The Kier molecular flexibility index (Phi) is 4.99. The van der Waals surface area contributed by atoms with Crippen LogP contribution >= 0.6 is 0 Å². The number of rotatable bonds is 6. The van der Waals surface area contributed by atoms with Crippen molar-refractivity contribution in [3.63, 3.8) is 0 Å². The van der Waals surface area contributed by atoms with Gasteiger partial charge in [0.15, 0.2) is 11.5 Å². The van der Waals surface area contributed by atoms with E-state index in [4.69, 9.17) is 9.47 Å². The van der Waals surface area contributed by atoms with Crippen molar-refractivity contribution in [3.8, 4) is 11.5 Å². The predicted molar refractivity (Wildman–Crippen MR) is 93.2 cm³/mol. The van der Waals surface area contributed by atoms with Crippen LogP contribution in [0.2, 0.25) is 0 Å². The van der Waals surface area contributed by atoms with Gasteiger partial charge in [0.2, 0.25) is 16.8 Å². The van der Waals surface area contributed by atoms with E-state index in [2.05, 4.69) is 4.72 Å². The summed E-state index contributed by atoms with van der Waals surface area (Å²) >= 11 is 0. The molecule has 3 rings (SSSR count). The number of sulfonamides is 1. The Bertz CT molecular complexity index is 879. The maximum absolute atomic E-state index is 12.4. The zero-order valence-corrected chi connectivity index (χ0v) is 15.0. The average molecular weight is 363 g/mol. The maximum atomic E-state index is 12.4. The minimum atomic E-state index is -3.61. The highest BCUT2D eigenvalue weighted by Crippen LogP contribution is 2.34. The molecule has 0 aromatic heterocycles. The lowest BCUT2D eigenvalue weighted by Crippen LogP contribution is -2.26. The quantitative estimate of drug-likeness (QED) is 0.823. The Labute approximate surface area is 147 Å². The molecule has 0 fully saturated rings. The molecule has 0 aliphatic carbocycles. The van der Waals surface area contributed by atoms with E-state index in [-0.39, 0.29) is 24.7 Å². The summed E-state index contributed by atoms with van der Waals surface area (Å²) in [6.45, 7) is 3.91. The van der Waals surface area contributed by atoms with Crippen LogP contribution in [-0.4, -0.2) is 26.9 Å². The summed E-state index contributed by atoms with van der Waals surface area (Å²) in [6.07, 6.45) is -0.542. The van der Waals surface area contributed by atoms with Crippen molar-refractivity contribution in [2.45, 2.75) is 31.3 Å². The molecule has 1 unspecified atom stereocenters. The molecule has 0 amide bonds. The predicted octanol–water partition coefficient (Wildman–Crippen LogP) is 2.43. The summed E-state index contributed by atoms with van der Waals surface area (Å²) in [5.74, 6) is 1.24. The second kappa shape index (κ2) is 7.03. The van der Waals surface area contributed by atoms with Crippen LogP contribution in [0.1, 0.15) is 29.2 Å². The summed E-state index contributed by atoms with van der Waals surface area (Å²) < 4.78 is 38.0. The fourth-order valence-corrected chi connectivity index (χ4v) is 4.07. The smallest absolute Gasteiger partial charge is 0.240 e. The van der Waals surface area contributed by atoms with Crippen molar-refractivity contribution in [1.29, 1.82) is 0 Å². The van der Waals surface area contributed by atoms with Gasteiger partial charge in [-0.15, -0.1) is 0 Å². The average Bonchev–Trinajstić information content (AvgIpc) is 3.04. The van der Waals surface area contributed by atoms with Crippen LogP contribution < -0.4 is 14.2 Å². The summed E-state index contributed by atoms with van der Waals surface area (Å²) in [5.41, 5.74) is 2.23. The van der Waals surface area contributed by atoms with E-state index >= 15 is 0 Å². The van der Waals surface area contributed by atoms with E-state index < -0.39 is 16.1 Å². The Morgan fingerprint density at radius 3 is 2.68 bits per heavy atom. The highest BCUT2D eigenvalue weighted by molar-refractivity contribution is 7.89. The van der Waals surface area contributed by atoms with E-state index in [0.29, 0.717) is 22.6 Å². The number of aryl methyl sites for hydroxylation is 2. The molecular formula is C18H21NO5S. The number of nitrogens with one attached hydrogen (secondary N) is 1. The first-order valence-electron chi connectivity index (χ1n) is 8.01. The molecule has 25 heavy (non-hydrogen) atoms. The number of aliphatic hydroxyl groups is 1. The SMILES string of the molecule is Cc1ccc(C)c(S(=O)(=O)NCCC(O)c2ccc3c(c2)OCO3)c1. The molecule has 0 bridgehead atoms. The van der Waals surface area contributed by atoms with Gasteiger partial charge in [-0.1, -0.05) is 18.2 Å². The topological polar surface area (TPSA) is 84.9 Å². The van der Waals surface area contributed by atoms with Gasteiger partial charge < -0.3 is 14.6 Å². The molecule has 0 radical (unpaired) electrons. The number of hydrogen-bond acceptors (Lipinski definition) is 5. The fourth-order valence-electron chi connectivity index (χ4n) is 2.69. The van der Waals surface area contributed by atoms with Gasteiger partial charge in [-0.25, -0.2) is 13.1 Å². The minimum Gasteiger partial charge on any atom is -0.454 e. The third-order valence-electron chi connectivity index (χ3n) is 4.12. The third-order valence-corrected chi connectivity index (χ3v) is 5.73. The first-order chi connectivity index (χ1) is 11.9. The highest BCUT2D eigenvalue weighted by atomic mass is 32.2. The van der Waals surface area contributed by atoms with Crippen LogP contribution in [0.15, 0.2) is 41.3 Å². The molecule has 7 heteroatoms. The first kappa shape index (κ1) is 17.7. The second-order valence-corrected chi connectivity index (χ2v) is 7.82. The first-order valence-corrected chi connectivity index (χ1v) is 9.50. The Morgan fingerprint density at radius 2 is 1.88 bits per heavy atom. The van der Waals surface area contributed by atoms with Crippen molar-refractivity contribution in [2.75, 3.05) is 13.3 Å². The number of benzene rings is 2. The van der Waals surface area contributed by atoms with Crippen LogP contribution in [0.3, 0.4) is 0 Å². The summed E-state index contributed by atoms with van der Waals surface area (Å²) in [5, 5.41) is 10.3. The largest absolute Gasteiger partial charge is 0.454 e. The summed E-state index contributed by atoms with van der Waals surface area (Å²) in [6, 6.07) is 10.5. The van der Waals surface area contributed by atoms with Crippen LogP contribution in [-0.2, 0) is 10.0 Å². The van der Waals surface area contributed by atoms with E-state index in [1.165, 1.54) is 0 Å². The van der Waals surface area contributed by atoms with Crippen molar-refractivity contribution < 1.29 is 23.0 Å². The van der Waals surface area contributed by atoms with Gasteiger partial charge in [0.25, 0.3) is 0 Å². The van der Waals surface area contributed by atoms with Crippen molar-refractivity contribution >= 4 is 10.0 Å². The molecular weight excluding hydrogens is 342 g/mol. The van der Waals surface area contributed by atoms with Gasteiger partial charge in [0, 0.05) is 6.54 Å². The third kappa shape index (κ3) is 3.95. The summed E-state index contributed by atoms with van der Waals surface area (Å²) in [7, 11) is -3.61. The normalized spacial score (nSPS) is 14.5. The number of ether oxygens (including phenoxy) is 2. The Morgan fingerprint density at radius 1 is 1.12 bits per heavy atom. The van der Waals surface area contributed by atoms with Gasteiger partial charge in [0.1, 0.15) is 0 Å². The zero-order valence-electron chi connectivity index (χ0n) is 14.2. The molecule has 2 aromatic rings. The van der Waals surface area contributed by atoms with E-state index in [0.717, 1.165) is 5.56 Å². The number of aliphatic hydroxyl groups excluding tert-OH is 1. The van der Waals surface area contributed by atoms with E-state index in [1.807, 2.05) is 13.0 Å². The van der Waals surface area contributed by atoms with Gasteiger partial charge >= 0.3 is 0 Å². The van der Waals surface area contributed by atoms with Gasteiger partial charge in [0.05, 0.1) is 11.0 Å². The fraction of sp³-hybridized carbons (Fsp3) is 0.333. The van der Waals surface area contributed by atoms with E-state index in [1.54, 1.807) is 37.3 Å². The molecule has 0 spiro atoms. The van der Waals surface area contributed by atoms with Gasteiger partial charge in [-0.2, -0.15) is 0 Å². The maximum Gasteiger partial charge on any atom is 0.240 e. The molecule has 1 atom stereocenters. The van der Waals surface area contributed by atoms with Crippen molar-refractivity contribution in [1.82, 2.24) is 4.72 Å². The molecule has 1 heterocycles. The van der Waals surface area contributed by atoms with Gasteiger partial charge in [-0.3, -0.25) is 0 Å². The van der Waals surface area contributed by atoms with Crippen LogP contribution in [0.5, 0.6) is 11.5 Å². The van der Waals surface area contributed by atoms with Crippen LogP contribution in [0, 0.1) is 13.8 Å².